The third kappa shape index (κ3) is 4.57. The van der Waals surface area contributed by atoms with Crippen molar-refractivity contribution in [1.82, 2.24) is 15.2 Å². The summed E-state index contributed by atoms with van der Waals surface area (Å²) in [6.45, 7) is 2.46. The molecule has 0 aliphatic carbocycles. The van der Waals surface area contributed by atoms with Crippen LogP contribution in [0.15, 0.2) is 35.1 Å². The summed E-state index contributed by atoms with van der Waals surface area (Å²) >= 11 is 0.822. The molecule has 1 aromatic heterocycles. The second-order valence-corrected chi connectivity index (χ2v) is 7.39. The van der Waals surface area contributed by atoms with Crippen LogP contribution < -0.4 is 16.8 Å². The number of nitrogens with zero attached hydrogens (tertiary/aromatic N) is 3. The number of nitrogen functional groups attached to an aromatic ring is 1. The van der Waals surface area contributed by atoms with Crippen LogP contribution in [-0.4, -0.2) is 55.0 Å². The number of hydrogen-bond donors (Lipinski definition) is 3. The van der Waals surface area contributed by atoms with Gasteiger partial charge in [0.15, 0.2) is 5.69 Å². The van der Waals surface area contributed by atoms with Crippen molar-refractivity contribution in [3.8, 4) is 10.6 Å². The Labute approximate surface area is 176 Å². The lowest BCUT2D eigenvalue weighted by Crippen LogP contribution is -2.40. The highest BCUT2D eigenvalue weighted by Gasteiger charge is 2.24. The minimum absolute atomic E-state index is 0.0272. The predicted octanol–water partition coefficient (Wildman–Crippen LogP) is 1.95. The molecule has 2 aromatic rings. The molecule has 1 saturated heterocycles. The molecule has 1 aliphatic rings. The van der Waals surface area contributed by atoms with E-state index >= 15 is 0 Å². The van der Waals surface area contributed by atoms with E-state index in [-0.39, 0.29) is 27.0 Å². The molecule has 0 atom stereocenters. The molecule has 0 bridgehead atoms. The van der Waals surface area contributed by atoms with Gasteiger partial charge in [-0.3, -0.25) is 9.79 Å². The molecule has 0 saturated carbocycles. The Morgan fingerprint density at radius 1 is 1.33 bits per heavy atom. The van der Waals surface area contributed by atoms with Crippen molar-refractivity contribution in [3.63, 3.8) is 0 Å². The van der Waals surface area contributed by atoms with Gasteiger partial charge in [-0.15, -0.1) is 0 Å². The maximum Gasteiger partial charge on any atom is 0.277 e. The number of benzene rings is 1. The third-order valence-corrected chi connectivity index (χ3v) is 5.34. The van der Waals surface area contributed by atoms with Gasteiger partial charge in [0.05, 0.1) is 17.9 Å². The van der Waals surface area contributed by atoms with Crippen LogP contribution in [0.1, 0.15) is 16.9 Å². The SMILES string of the molecule is CN=C(C(=CN)NC(=O)c1nc(-c2c(F)cccc2F)sc1N)N1CCCOCC1. The lowest BCUT2D eigenvalue weighted by molar-refractivity contribution is 0.0964. The van der Waals surface area contributed by atoms with E-state index in [1.54, 1.807) is 7.05 Å². The normalized spacial score (nSPS) is 15.8. The summed E-state index contributed by atoms with van der Waals surface area (Å²) in [4.78, 5) is 23.1. The number of nitrogens with one attached hydrogen (secondary N) is 1. The number of ether oxygens (including phenoxy) is 1. The largest absolute Gasteiger partial charge is 0.403 e. The van der Waals surface area contributed by atoms with Gasteiger partial charge in [-0.2, -0.15) is 0 Å². The van der Waals surface area contributed by atoms with Crippen molar-refractivity contribution in [2.45, 2.75) is 6.42 Å². The third-order valence-electron chi connectivity index (χ3n) is 4.43. The number of hydrogen-bond acceptors (Lipinski definition) is 7. The molecule has 30 heavy (non-hydrogen) atoms. The van der Waals surface area contributed by atoms with Crippen molar-refractivity contribution in [2.75, 3.05) is 39.1 Å². The summed E-state index contributed by atoms with van der Waals surface area (Å²) in [6, 6.07) is 3.47. The zero-order chi connectivity index (χ0) is 21.7. The first-order valence-corrected chi connectivity index (χ1v) is 10.0. The number of halogens is 2. The molecule has 11 heteroatoms. The quantitative estimate of drug-likeness (QED) is 0.498. The summed E-state index contributed by atoms with van der Waals surface area (Å²) < 4.78 is 33.6. The Balaban J connectivity index is 1.83. The van der Waals surface area contributed by atoms with Crippen molar-refractivity contribution in [2.24, 2.45) is 10.7 Å². The number of carbonyl (C=O) groups excluding carboxylic acids is 1. The van der Waals surface area contributed by atoms with Crippen LogP contribution in [-0.2, 0) is 4.74 Å². The van der Waals surface area contributed by atoms with Crippen molar-refractivity contribution in [1.29, 1.82) is 0 Å². The number of nitrogens with two attached hydrogens (primary N) is 2. The van der Waals surface area contributed by atoms with Crippen LogP contribution in [0.2, 0.25) is 0 Å². The van der Waals surface area contributed by atoms with Gasteiger partial charge in [-0.05, 0) is 18.6 Å². The number of rotatable bonds is 4. The topological polar surface area (TPSA) is 119 Å². The molecule has 160 valence electrons. The number of anilines is 1. The molecule has 2 heterocycles. The van der Waals surface area contributed by atoms with Gasteiger partial charge < -0.3 is 26.4 Å². The molecule has 0 radical (unpaired) electrons. The van der Waals surface area contributed by atoms with E-state index in [4.69, 9.17) is 16.2 Å². The standard InChI is InChI=1S/C19H22F2N6O2S/c1-24-17(27-6-3-8-29-9-7-27)13(10-22)25-18(28)15-16(23)30-19(26-15)14-11(20)4-2-5-12(14)21/h2,4-5,10H,3,6-9,22-23H2,1H3,(H,25,28). The first-order chi connectivity index (χ1) is 14.5. The fraction of sp³-hybridized carbons (Fsp3) is 0.316. The summed E-state index contributed by atoms with van der Waals surface area (Å²) in [6.07, 6.45) is 2.04. The number of amides is 1. The average Bonchev–Trinajstić information content (AvgIpc) is 2.91. The lowest BCUT2D eigenvalue weighted by Gasteiger charge is -2.25. The molecule has 1 aliphatic heterocycles. The number of aromatic nitrogens is 1. The molecular formula is C19H22F2N6O2S. The van der Waals surface area contributed by atoms with Gasteiger partial charge >= 0.3 is 0 Å². The van der Waals surface area contributed by atoms with Gasteiger partial charge in [0.2, 0.25) is 0 Å². The summed E-state index contributed by atoms with van der Waals surface area (Å²) in [7, 11) is 1.59. The zero-order valence-corrected chi connectivity index (χ0v) is 17.1. The predicted molar refractivity (Wildman–Crippen MR) is 112 cm³/mol. The molecular weight excluding hydrogens is 414 g/mol. The summed E-state index contributed by atoms with van der Waals surface area (Å²) in [5.41, 5.74) is 11.4. The van der Waals surface area contributed by atoms with Crippen LogP contribution in [0.3, 0.4) is 0 Å². The van der Waals surface area contributed by atoms with Crippen molar-refractivity contribution < 1.29 is 18.3 Å². The summed E-state index contributed by atoms with van der Waals surface area (Å²) in [5.74, 6) is -1.75. The molecule has 0 spiro atoms. The van der Waals surface area contributed by atoms with Crippen LogP contribution in [0.5, 0.6) is 0 Å². The second-order valence-electron chi connectivity index (χ2n) is 6.36. The number of thiazole rings is 1. The molecule has 3 rings (SSSR count). The van der Waals surface area contributed by atoms with E-state index in [0.29, 0.717) is 32.1 Å². The fourth-order valence-electron chi connectivity index (χ4n) is 3.05. The van der Waals surface area contributed by atoms with E-state index in [2.05, 4.69) is 15.3 Å². The zero-order valence-electron chi connectivity index (χ0n) is 16.3. The number of aliphatic imine (C=N–C) groups is 1. The number of amidine groups is 1. The Hall–Kier alpha value is -3.05. The van der Waals surface area contributed by atoms with Crippen LogP contribution in [0.4, 0.5) is 13.8 Å². The Kier molecular flexibility index (Phi) is 6.95. The van der Waals surface area contributed by atoms with Gasteiger partial charge in [-0.25, -0.2) is 13.8 Å². The highest BCUT2D eigenvalue weighted by molar-refractivity contribution is 7.19. The molecule has 1 amide bonds. The van der Waals surface area contributed by atoms with E-state index in [1.807, 2.05) is 4.90 Å². The number of carbonyl (C=O) groups is 1. The second kappa shape index (κ2) is 9.63. The molecule has 0 unspecified atom stereocenters. The van der Waals surface area contributed by atoms with E-state index in [9.17, 15) is 13.6 Å². The van der Waals surface area contributed by atoms with E-state index in [1.165, 1.54) is 12.3 Å². The Morgan fingerprint density at radius 3 is 2.73 bits per heavy atom. The maximum atomic E-state index is 14.1. The van der Waals surface area contributed by atoms with Gasteiger partial charge in [-0.1, -0.05) is 17.4 Å². The lowest BCUT2D eigenvalue weighted by atomic mass is 10.2. The van der Waals surface area contributed by atoms with Crippen LogP contribution >= 0.6 is 11.3 Å². The molecule has 1 fully saturated rings. The van der Waals surface area contributed by atoms with Crippen molar-refractivity contribution >= 4 is 28.1 Å². The molecule has 8 nitrogen and oxygen atoms in total. The monoisotopic (exact) mass is 436 g/mol. The van der Waals surface area contributed by atoms with Crippen LogP contribution in [0, 0.1) is 11.6 Å². The van der Waals surface area contributed by atoms with Crippen LogP contribution in [0.25, 0.3) is 10.6 Å². The maximum absolute atomic E-state index is 14.1. The van der Waals surface area contributed by atoms with Gasteiger partial charge in [0.1, 0.15) is 27.5 Å². The first-order valence-electron chi connectivity index (χ1n) is 9.20. The Morgan fingerprint density at radius 2 is 2.07 bits per heavy atom. The average molecular weight is 436 g/mol. The summed E-state index contributed by atoms with van der Waals surface area (Å²) in [5, 5.41) is 2.65. The van der Waals surface area contributed by atoms with E-state index in [0.717, 1.165) is 29.9 Å². The first kappa shape index (κ1) is 21.7. The highest BCUT2D eigenvalue weighted by atomic mass is 32.1. The minimum Gasteiger partial charge on any atom is -0.403 e. The molecule has 1 aromatic carbocycles. The fourth-order valence-corrected chi connectivity index (χ4v) is 3.92. The van der Waals surface area contributed by atoms with E-state index < -0.39 is 17.5 Å². The van der Waals surface area contributed by atoms with Gasteiger partial charge in [0.25, 0.3) is 5.91 Å². The van der Waals surface area contributed by atoms with Crippen molar-refractivity contribution in [3.05, 3.63) is 47.4 Å². The smallest absolute Gasteiger partial charge is 0.277 e. The Bertz CT molecular complexity index is 963. The minimum atomic E-state index is -0.790. The highest BCUT2D eigenvalue weighted by Crippen LogP contribution is 2.33. The molecule has 5 N–H and O–H groups in total. The van der Waals surface area contributed by atoms with Gasteiger partial charge in [0, 0.05) is 32.9 Å².